The lowest BCUT2D eigenvalue weighted by atomic mass is 9.98. The van der Waals surface area contributed by atoms with E-state index in [1.807, 2.05) is 37.3 Å². The predicted molar refractivity (Wildman–Crippen MR) is 141 cm³/mol. The Hall–Kier alpha value is -4.23. The van der Waals surface area contributed by atoms with E-state index in [1.165, 1.54) is 23.5 Å². The second-order valence-corrected chi connectivity index (χ2v) is 9.13. The van der Waals surface area contributed by atoms with Crippen LogP contribution in [0.1, 0.15) is 15.2 Å². The number of aromatic nitrogens is 1. The molecule has 0 aliphatic rings. The van der Waals surface area contributed by atoms with Crippen molar-refractivity contribution in [3.8, 4) is 28.1 Å². The minimum atomic E-state index is -0.313. The predicted octanol–water partition coefficient (Wildman–Crippen LogP) is 6.92. The van der Waals surface area contributed by atoms with E-state index in [4.69, 9.17) is 15.5 Å². The number of aryl methyl sites for hydroxylation is 1. The zero-order chi connectivity index (χ0) is 24.5. The molecule has 0 unspecified atom stereocenters. The number of carbonyl (C=O) groups excluding carboxylic acids is 1. The van der Waals surface area contributed by atoms with Crippen LogP contribution < -0.4 is 15.8 Å². The van der Waals surface area contributed by atoms with Crippen LogP contribution in [0.3, 0.4) is 0 Å². The molecule has 0 saturated carbocycles. The Morgan fingerprint density at radius 3 is 2.29 bits per heavy atom. The molecule has 0 fully saturated rings. The molecule has 0 bridgehead atoms. The summed E-state index contributed by atoms with van der Waals surface area (Å²) in [6.45, 7) is 2.02. The number of hydrogen-bond donors (Lipinski definition) is 2. The molecule has 35 heavy (non-hydrogen) atoms. The number of rotatable bonds is 5. The normalized spacial score (nSPS) is 10.9. The van der Waals surface area contributed by atoms with E-state index >= 15 is 0 Å². The molecule has 7 heteroatoms. The zero-order valence-corrected chi connectivity index (χ0v) is 19.9. The highest BCUT2D eigenvalue weighted by molar-refractivity contribution is 7.21. The fourth-order valence-corrected chi connectivity index (χ4v) is 4.90. The Labute approximate surface area is 206 Å². The van der Waals surface area contributed by atoms with Crippen LogP contribution >= 0.6 is 11.3 Å². The number of nitrogens with two attached hydrogens (primary N) is 1. The number of fused-ring (bicyclic) bond motifs is 1. The van der Waals surface area contributed by atoms with Gasteiger partial charge in [-0.2, -0.15) is 0 Å². The number of hydrogen-bond acceptors (Lipinski definition) is 5. The van der Waals surface area contributed by atoms with Crippen molar-refractivity contribution in [2.45, 2.75) is 6.92 Å². The quantitative estimate of drug-likeness (QED) is 0.284. The minimum Gasteiger partial charge on any atom is -0.497 e. The molecule has 5 aromatic rings. The second-order valence-electron chi connectivity index (χ2n) is 8.14. The van der Waals surface area contributed by atoms with Crippen molar-refractivity contribution in [2.24, 2.45) is 0 Å². The molecule has 174 valence electrons. The Bertz CT molecular complexity index is 1530. The maximum Gasteiger partial charge on any atom is 0.267 e. The molecule has 0 saturated heterocycles. The number of halogens is 1. The first-order valence-corrected chi connectivity index (χ1v) is 11.8. The Morgan fingerprint density at radius 1 is 0.971 bits per heavy atom. The Morgan fingerprint density at radius 2 is 1.63 bits per heavy atom. The van der Waals surface area contributed by atoms with E-state index in [9.17, 15) is 9.18 Å². The summed E-state index contributed by atoms with van der Waals surface area (Å²) < 4.78 is 18.7. The number of pyridine rings is 1. The van der Waals surface area contributed by atoms with Gasteiger partial charge in [-0.1, -0.05) is 29.8 Å². The van der Waals surface area contributed by atoms with Crippen molar-refractivity contribution in [3.05, 3.63) is 95.1 Å². The van der Waals surface area contributed by atoms with Crippen LogP contribution in [0, 0.1) is 12.7 Å². The van der Waals surface area contributed by atoms with Crippen molar-refractivity contribution in [1.29, 1.82) is 0 Å². The van der Waals surface area contributed by atoms with Crippen molar-refractivity contribution < 1.29 is 13.9 Å². The van der Waals surface area contributed by atoms with Gasteiger partial charge in [-0.25, -0.2) is 9.37 Å². The maximum absolute atomic E-state index is 13.5. The summed E-state index contributed by atoms with van der Waals surface area (Å²) in [5.74, 6) is 0.0740. The van der Waals surface area contributed by atoms with Gasteiger partial charge in [0.2, 0.25) is 0 Å². The third-order valence-electron chi connectivity index (χ3n) is 5.76. The Balaban J connectivity index is 1.63. The lowest BCUT2D eigenvalue weighted by molar-refractivity contribution is 0.103. The molecule has 0 atom stereocenters. The first-order valence-electron chi connectivity index (χ1n) is 10.9. The lowest BCUT2D eigenvalue weighted by Crippen LogP contribution is -2.11. The number of ether oxygens (including phenoxy) is 1. The third kappa shape index (κ3) is 4.46. The average Bonchev–Trinajstić information content (AvgIpc) is 3.21. The number of nitrogens with one attached hydrogen (secondary N) is 1. The number of benzene rings is 3. The molecule has 5 nitrogen and oxygen atoms in total. The summed E-state index contributed by atoms with van der Waals surface area (Å²) in [5, 5.41) is 3.62. The molecule has 5 rings (SSSR count). The SMILES string of the molecule is COc1ccc(NC(=O)c2sc3nc(-c4ccc(F)cc4)cc(-c4ccc(C)cc4)c3c2N)cc1. The smallest absolute Gasteiger partial charge is 0.267 e. The topological polar surface area (TPSA) is 77.2 Å². The molecule has 0 spiro atoms. The highest BCUT2D eigenvalue weighted by atomic mass is 32.1. The van der Waals surface area contributed by atoms with Crippen molar-refractivity contribution in [1.82, 2.24) is 4.98 Å². The number of thiophene rings is 1. The molecule has 2 heterocycles. The van der Waals surface area contributed by atoms with Gasteiger partial charge < -0.3 is 15.8 Å². The van der Waals surface area contributed by atoms with E-state index < -0.39 is 0 Å². The number of amides is 1. The minimum absolute atomic E-state index is 0.311. The molecule has 1 amide bonds. The molecule has 0 radical (unpaired) electrons. The van der Waals surface area contributed by atoms with E-state index in [2.05, 4.69) is 5.32 Å². The van der Waals surface area contributed by atoms with Crippen LogP contribution in [-0.4, -0.2) is 18.0 Å². The lowest BCUT2D eigenvalue weighted by Gasteiger charge is -2.09. The highest BCUT2D eigenvalue weighted by Gasteiger charge is 2.22. The zero-order valence-electron chi connectivity index (χ0n) is 19.1. The largest absolute Gasteiger partial charge is 0.497 e. The summed E-state index contributed by atoms with van der Waals surface area (Å²) >= 11 is 1.24. The molecule has 0 aliphatic carbocycles. The van der Waals surface area contributed by atoms with Gasteiger partial charge >= 0.3 is 0 Å². The summed E-state index contributed by atoms with van der Waals surface area (Å²) in [6, 6.07) is 23.3. The van der Waals surface area contributed by atoms with Crippen LogP contribution in [0.5, 0.6) is 5.75 Å². The monoisotopic (exact) mass is 483 g/mol. The van der Waals surface area contributed by atoms with Crippen LogP contribution in [0.4, 0.5) is 15.8 Å². The van der Waals surface area contributed by atoms with E-state index in [-0.39, 0.29) is 11.7 Å². The highest BCUT2D eigenvalue weighted by Crippen LogP contribution is 2.41. The number of carbonyl (C=O) groups is 1. The molecule has 2 aromatic heterocycles. The second kappa shape index (κ2) is 9.19. The van der Waals surface area contributed by atoms with Crippen LogP contribution in [0.15, 0.2) is 78.9 Å². The van der Waals surface area contributed by atoms with Gasteiger partial charge in [0.05, 0.1) is 18.5 Å². The first kappa shape index (κ1) is 22.6. The van der Waals surface area contributed by atoms with E-state index in [1.54, 1.807) is 43.5 Å². The average molecular weight is 484 g/mol. The van der Waals surface area contributed by atoms with Crippen molar-refractivity contribution in [3.63, 3.8) is 0 Å². The van der Waals surface area contributed by atoms with Crippen molar-refractivity contribution >= 4 is 38.8 Å². The van der Waals surface area contributed by atoms with E-state index in [0.29, 0.717) is 32.5 Å². The van der Waals surface area contributed by atoms with Crippen LogP contribution in [0.25, 0.3) is 32.6 Å². The summed E-state index contributed by atoms with van der Waals surface area (Å²) in [5.41, 5.74) is 12.0. The third-order valence-corrected chi connectivity index (χ3v) is 6.85. The van der Waals surface area contributed by atoms with Gasteiger partial charge in [0, 0.05) is 16.6 Å². The molecular weight excluding hydrogens is 461 g/mol. The molecular formula is C28H22FN3O2S. The molecule has 0 aliphatic heterocycles. The number of nitrogen functional groups attached to an aromatic ring is 1. The van der Waals surface area contributed by atoms with E-state index in [0.717, 1.165) is 27.6 Å². The van der Waals surface area contributed by atoms with Crippen LogP contribution in [-0.2, 0) is 0 Å². The number of nitrogens with zero attached hydrogens (tertiary/aromatic N) is 1. The molecule has 3 N–H and O–H groups in total. The molecule has 3 aromatic carbocycles. The van der Waals surface area contributed by atoms with Gasteiger partial charge in [0.1, 0.15) is 21.3 Å². The fraction of sp³-hybridized carbons (Fsp3) is 0.0714. The van der Waals surface area contributed by atoms with Crippen LogP contribution in [0.2, 0.25) is 0 Å². The van der Waals surface area contributed by atoms with Gasteiger partial charge in [0.15, 0.2) is 0 Å². The van der Waals surface area contributed by atoms with Gasteiger partial charge in [-0.05, 0) is 72.6 Å². The van der Waals surface area contributed by atoms with Gasteiger partial charge in [0.25, 0.3) is 5.91 Å². The number of methoxy groups -OCH3 is 1. The van der Waals surface area contributed by atoms with Gasteiger partial charge in [-0.15, -0.1) is 11.3 Å². The first-order chi connectivity index (χ1) is 16.9. The summed E-state index contributed by atoms with van der Waals surface area (Å²) in [4.78, 5) is 19.0. The summed E-state index contributed by atoms with van der Waals surface area (Å²) in [7, 11) is 1.59. The maximum atomic E-state index is 13.5. The number of anilines is 2. The summed E-state index contributed by atoms with van der Waals surface area (Å²) in [6.07, 6.45) is 0. The van der Waals surface area contributed by atoms with Crippen molar-refractivity contribution in [2.75, 3.05) is 18.2 Å². The van der Waals surface area contributed by atoms with Gasteiger partial charge in [-0.3, -0.25) is 4.79 Å². The standard InChI is InChI=1S/C28H22FN3O2S/c1-16-3-5-17(6-4-16)22-15-23(18-7-9-19(29)10-8-18)32-28-24(22)25(30)26(35-28)27(33)31-20-11-13-21(34-2)14-12-20/h3-15H,30H2,1-2H3,(H,31,33). The fourth-order valence-electron chi connectivity index (χ4n) is 3.88. The Kier molecular flexibility index (Phi) is 5.93.